The van der Waals surface area contributed by atoms with Crippen molar-refractivity contribution in [2.75, 3.05) is 65.8 Å². The van der Waals surface area contributed by atoms with E-state index in [0.717, 1.165) is 0 Å². The van der Waals surface area contributed by atoms with Crippen molar-refractivity contribution in [2.24, 2.45) is 0 Å². The highest BCUT2D eigenvalue weighted by molar-refractivity contribution is 7.47. The predicted molar refractivity (Wildman–Crippen MR) is 94.3 cm³/mol. The van der Waals surface area contributed by atoms with Crippen molar-refractivity contribution < 1.29 is 48.4 Å². The Hall–Kier alpha value is -0.210. The molecule has 12 nitrogen and oxygen atoms in total. The summed E-state index contributed by atoms with van der Waals surface area (Å²) in [6.07, 6.45) is -2.70. The van der Waals surface area contributed by atoms with E-state index in [-0.39, 0.29) is 65.8 Å². The molecular weight excluding hydrogens is 387 g/mol. The summed E-state index contributed by atoms with van der Waals surface area (Å²) in [5.74, 6) is 0. The first-order valence-corrected chi connectivity index (χ1v) is 10.2. The first-order chi connectivity index (χ1) is 12.9. The molecule has 0 aliphatic carbocycles. The van der Waals surface area contributed by atoms with Gasteiger partial charge in [0.1, 0.15) is 0 Å². The van der Waals surface area contributed by atoms with E-state index in [2.05, 4.69) is 0 Å². The summed E-state index contributed by atoms with van der Waals surface area (Å²) in [4.78, 5) is 12.8. The van der Waals surface area contributed by atoms with Crippen LogP contribution in [0.25, 0.3) is 0 Å². The third kappa shape index (κ3) is 11.4. The average molecular weight is 420 g/mol. The zero-order valence-corrected chi connectivity index (χ0v) is 16.7. The molecule has 0 aliphatic rings. The number of hydrogen-bond donors (Lipinski definition) is 5. The summed E-state index contributed by atoms with van der Waals surface area (Å²) >= 11 is 0. The SMILES string of the molecule is CCOC(OP(=O)(O)OC(OCC)N(CCO)CCO)N(CCO)CCO. The second-order valence-electron chi connectivity index (χ2n) is 5.17. The standard InChI is InChI=1S/C14H33N2O10P/c1-3-23-13(15(5-9-17)6-10-18)25-27(21,22)26-14(24-4-2)16(7-11-19)8-12-20/h13-14,17-20H,3-12H2,1-2H3,(H,21,22). The first kappa shape index (κ1) is 26.8. The van der Waals surface area contributed by atoms with Crippen LogP contribution < -0.4 is 0 Å². The third-order valence-corrected chi connectivity index (χ3v) is 4.10. The van der Waals surface area contributed by atoms with E-state index in [1.165, 1.54) is 9.80 Å². The number of ether oxygens (including phenoxy) is 2. The molecule has 2 unspecified atom stereocenters. The van der Waals surface area contributed by atoms with E-state index >= 15 is 0 Å². The number of nitrogens with zero attached hydrogens (tertiary/aromatic N) is 2. The molecule has 0 spiro atoms. The fourth-order valence-electron chi connectivity index (χ4n) is 2.10. The van der Waals surface area contributed by atoms with E-state index in [9.17, 15) is 9.46 Å². The summed E-state index contributed by atoms with van der Waals surface area (Å²) in [5, 5.41) is 36.5. The van der Waals surface area contributed by atoms with Crippen LogP contribution in [-0.4, -0.2) is 114 Å². The van der Waals surface area contributed by atoms with Crippen LogP contribution >= 0.6 is 7.82 Å². The minimum absolute atomic E-state index is 0.0290. The highest BCUT2D eigenvalue weighted by Crippen LogP contribution is 2.47. The molecule has 5 N–H and O–H groups in total. The molecule has 2 atom stereocenters. The van der Waals surface area contributed by atoms with Gasteiger partial charge in [0.25, 0.3) is 0 Å². The van der Waals surface area contributed by atoms with Gasteiger partial charge in [-0.3, -0.25) is 9.80 Å². The lowest BCUT2D eigenvalue weighted by atomic mass is 10.5. The molecule has 0 saturated heterocycles. The zero-order valence-electron chi connectivity index (χ0n) is 15.8. The molecule has 0 aliphatic heterocycles. The van der Waals surface area contributed by atoms with E-state index in [4.69, 9.17) is 38.9 Å². The molecule has 0 radical (unpaired) electrons. The van der Waals surface area contributed by atoms with Gasteiger partial charge in [0.15, 0.2) is 0 Å². The van der Waals surface area contributed by atoms with Crippen LogP contribution in [0.4, 0.5) is 0 Å². The summed E-state index contributed by atoms with van der Waals surface area (Å²) in [6, 6.07) is 0. The second-order valence-corrected chi connectivity index (χ2v) is 6.53. The molecule has 0 saturated carbocycles. The monoisotopic (exact) mass is 420 g/mol. The summed E-state index contributed by atoms with van der Waals surface area (Å²) in [5.41, 5.74) is 0. The molecule has 0 fully saturated rings. The number of phosphoric ester groups is 1. The fourth-order valence-corrected chi connectivity index (χ4v) is 3.00. The van der Waals surface area contributed by atoms with Crippen LogP contribution in [0.3, 0.4) is 0 Å². The highest BCUT2D eigenvalue weighted by atomic mass is 31.2. The van der Waals surface area contributed by atoms with Gasteiger partial charge in [-0.1, -0.05) is 0 Å². The van der Waals surface area contributed by atoms with E-state index in [1.807, 2.05) is 0 Å². The fraction of sp³-hybridized carbons (Fsp3) is 1.00. The Morgan fingerprint density at radius 3 is 1.26 bits per heavy atom. The van der Waals surface area contributed by atoms with Crippen LogP contribution in [0.5, 0.6) is 0 Å². The zero-order chi connectivity index (χ0) is 20.7. The lowest BCUT2D eigenvalue weighted by Crippen LogP contribution is -2.44. The largest absolute Gasteiger partial charge is 0.478 e. The molecular formula is C14H33N2O10P. The van der Waals surface area contributed by atoms with Crippen LogP contribution in [0.2, 0.25) is 0 Å². The average Bonchev–Trinajstić information content (AvgIpc) is 2.60. The lowest BCUT2D eigenvalue weighted by molar-refractivity contribution is -0.215. The van der Waals surface area contributed by atoms with Crippen molar-refractivity contribution in [3.63, 3.8) is 0 Å². The summed E-state index contributed by atoms with van der Waals surface area (Å²) in [7, 11) is -4.73. The van der Waals surface area contributed by atoms with E-state index in [0.29, 0.717) is 0 Å². The maximum Gasteiger partial charge on any atom is 0.478 e. The first-order valence-electron chi connectivity index (χ1n) is 8.73. The number of aliphatic hydroxyl groups excluding tert-OH is 4. The van der Waals surface area contributed by atoms with Gasteiger partial charge in [-0.15, -0.1) is 0 Å². The van der Waals surface area contributed by atoms with Crippen molar-refractivity contribution in [1.82, 2.24) is 9.80 Å². The van der Waals surface area contributed by atoms with Gasteiger partial charge in [0, 0.05) is 39.4 Å². The minimum atomic E-state index is -4.73. The lowest BCUT2D eigenvalue weighted by Gasteiger charge is -2.33. The Balaban J connectivity index is 5.23. The summed E-state index contributed by atoms with van der Waals surface area (Å²) in [6.45, 7) is 2.52. The molecule has 0 aromatic heterocycles. The Labute approximate surface area is 159 Å². The van der Waals surface area contributed by atoms with Crippen molar-refractivity contribution in [1.29, 1.82) is 0 Å². The van der Waals surface area contributed by atoms with Gasteiger partial charge < -0.3 is 34.8 Å². The molecule has 164 valence electrons. The Kier molecular flexibility index (Phi) is 15.6. The Morgan fingerprint density at radius 1 is 0.741 bits per heavy atom. The van der Waals surface area contributed by atoms with Gasteiger partial charge in [0.2, 0.25) is 12.8 Å². The molecule has 13 heteroatoms. The molecule has 0 heterocycles. The second kappa shape index (κ2) is 15.7. The van der Waals surface area contributed by atoms with Crippen LogP contribution in [0.15, 0.2) is 0 Å². The topological polar surface area (TPSA) is 162 Å². The van der Waals surface area contributed by atoms with E-state index < -0.39 is 20.7 Å². The number of hydrogen-bond acceptors (Lipinski definition) is 11. The highest BCUT2D eigenvalue weighted by Gasteiger charge is 2.35. The molecule has 0 amide bonds. The van der Waals surface area contributed by atoms with Gasteiger partial charge >= 0.3 is 7.82 Å². The normalized spacial score (nSPS) is 16.6. The predicted octanol–water partition coefficient (Wildman–Crippen LogP) is -1.67. The minimum Gasteiger partial charge on any atom is -0.395 e. The van der Waals surface area contributed by atoms with Crippen molar-refractivity contribution in [3.05, 3.63) is 0 Å². The van der Waals surface area contributed by atoms with Crippen LogP contribution in [0.1, 0.15) is 13.8 Å². The van der Waals surface area contributed by atoms with Crippen LogP contribution in [0, 0.1) is 0 Å². The van der Waals surface area contributed by atoms with Gasteiger partial charge in [0.05, 0.1) is 26.4 Å². The van der Waals surface area contributed by atoms with Crippen molar-refractivity contribution >= 4 is 7.82 Å². The Bertz CT molecular complexity index is 362. The van der Waals surface area contributed by atoms with E-state index in [1.54, 1.807) is 13.8 Å². The van der Waals surface area contributed by atoms with Gasteiger partial charge in [-0.2, -0.15) is 0 Å². The molecule has 0 bridgehead atoms. The smallest absolute Gasteiger partial charge is 0.395 e. The van der Waals surface area contributed by atoms with Gasteiger partial charge in [-0.05, 0) is 13.8 Å². The van der Waals surface area contributed by atoms with Crippen LogP contribution in [-0.2, 0) is 23.1 Å². The number of aliphatic hydroxyl groups is 4. The summed E-state index contributed by atoms with van der Waals surface area (Å²) < 4.78 is 33.1. The number of rotatable bonds is 18. The molecule has 0 aromatic rings. The molecule has 0 rings (SSSR count). The molecule has 27 heavy (non-hydrogen) atoms. The maximum atomic E-state index is 12.5. The quantitative estimate of drug-likeness (QED) is 0.127. The number of phosphoric acid groups is 1. The molecule has 0 aromatic carbocycles. The maximum absolute atomic E-state index is 12.5. The van der Waals surface area contributed by atoms with Crippen molar-refractivity contribution in [2.45, 2.75) is 26.7 Å². The Morgan fingerprint density at radius 2 is 1.04 bits per heavy atom. The third-order valence-electron chi connectivity index (χ3n) is 3.21. The van der Waals surface area contributed by atoms with Crippen molar-refractivity contribution in [3.8, 4) is 0 Å². The van der Waals surface area contributed by atoms with Gasteiger partial charge in [-0.25, -0.2) is 13.6 Å².